The van der Waals surface area contributed by atoms with Crippen LogP contribution in [-0.2, 0) is 0 Å². The third-order valence-corrected chi connectivity index (χ3v) is 2.66. The van der Waals surface area contributed by atoms with Gasteiger partial charge in [-0.1, -0.05) is 56.0 Å². The number of allylic oxidation sites excluding steroid dienone is 4. The summed E-state index contributed by atoms with van der Waals surface area (Å²) >= 11 is 0. The van der Waals surface area contributed by atoms with E-state index >= 15 is 0 Å². The molecule has 0 saturated heterocycles. The molecule has 0 amide bonds. The van der Waals surface area contributed by atoms with Crippen LogP contribution in [0.1, 0.15) is 13.3 Å². The zero-order chi connectivity index (χ0) is 10.7. The maximum absolute atomic E-state index is 3.88. The Labute approximate surface area is 91.0 Å². The van der Waals surface area contributed by atoms with Crippen molar-refractivity contribution in [3.05, 3.63) is 58.5 Å². The van der Waals surface area contributed by atoms with Gasteiger partial charge in [-0.2, -0.15) is 0 Å². The van der Waals surface area contributed by atoms with E-state index in [1.54, 1.807) is 0 Å². The molecule has 76 valence electrons. The molecule has 0 fully saturated rings. The first kappa shape index (κ1) is 9.97. The second kappa shape index (κ2) is 4.31. The molecular formula is C15H16. The van der Waals surface area contributed by atoms with Crippen molar-refractivity contribution < 1.29 is 0 Å². The van der Waals surface area contributed by atoms with Crippen molar-refractivity contribution in [2.24, 2.45) is 5.92 Å². The molecule has 0 heteroatoms. The minimum Gasteiger partial charge on any atom is -0.0918 e. The summed E-state index contributed by atoms with van der Waals surface area (Å²) in [6, 6.07) is 8.30. The van der Waals surface area contributed by atoms with E-state index in [-0.39, 0.29) is 0 Å². The highest BCUT2D eigenvalue weighted by Gasteiger charge is 2.00. The molecule has 0 bridgehead atoms. The summed E-state index contributed by atoms with van der Waals surface area (Å²) in [6.45, 7) is 6.11. The van der Waals surface area contributed by atoms with Crippen molar-refractivity contribution in [3.8, 4) is 0 Å². The zero-order valence-electron chi connectivity index (χ0n) is 9.11. The van der Waals surface area contributed by atoms with Crippen LogP contribution in [0, 0.1) is 5.92 Å². The van der Waals surface area contributed by atoms with Gasteiger partial charge in [-0.3, -0.25) is 0 Å². The maximum atomic E-state index is 3.88. The second-order valence-corrected chi connectivity index (χ2v) is 4.16. The lowest BCUT2D eigenvalue weighted by Gasteiger charge is -2.08. The molecule has 0 saturated carbocycles. The first-order valence-corrected chi connectivity index (χ1v) is 5.39. The molecule has 0 spiro atoms. The van der Waals surface area contributed by atoms with Crippen LogP contribution in [0.25, 0.3) is 12.7 Å². The van der Waals surface area contributed by atoms with Crippen LogP contribution in [-0.4, -0.2) is 0 Å². The topological polar surface area (TPSA) is 0 Å². The van der Waals surface area contributed by atoms with Crippen molar-refractivity contribution in [1.82, 2.24) is 0 Å². The first-order chi connectivity index (χ1) is 7.24. The summed E-state index contributed by atoms with van der Waals surface area (Å²) in [6.07, 6.45) is 10.1. The van der Waals surface area contributed by atoms with E-state index in [9.17, 15) is 0 Å². The molecule has 0 aliphatic heterocycles. The number of rotatable bonds is 1. The zero-order valence-corrected chi connectivity index (χ0v) is 9.11. The summed E-state index contributed by atoms with van der Waals surface area (Å²) in [5, 5.41) is 2.31. The molecule has 1 aliphatic rings. The van der Waals surface area contributed by atoms with Gasteiger partial charge >= 0.3 is 0 Å². The van der Waals surface area contributed by atoms with Gasteiger partial charge in [0.1, 0.15) is 0 Å². The van der Waals surface area contributed by atoms with Crippen LogP contribution in [0.4, 0.5) is 0 Å². The molecule has 0 aromatic heterocycles. The summed E-state index contributed by atoms with van der Waals surface area (Å²) in [5.41, 5.74) is 1.31. The number of hydrogen-bond donors (Lipinski definition) is 0. The molecular weight excluding hydrogens is 180 g/mol. The van der Waals surface area contributed by atoms with E-state index in [4.69, 9.17) is 0 Å². The Morgan fingerprint density at radius 3 is 2.60 bits per heavy atom. The van der Waals surface area contributed by atoms with Gasteiger partial charge in [0.2, 0.25) is 0 Å². The maximum Gasteiger partial charge on any atom is -0.0224 e. The van der Waals surface area contributed by atoms with Crippen molar-refractivity contribution in [1.29, 1.82) is 0 Å². The predicted molar refractivity (Wildman–Crippen MR) is 66.7 cm³/mol. The number of hydrogen-bond acceptors (Lipinski definition) is 0. The Morgan fingerprint density at radius 2 is 2.00 bits per heavy atom. The van der Waals surface area contributed by atoms with Gasteiger partial charge in [-0.25, -0.2) is 0 Å². The van der Waals surface area contributed by atoms with Crippen molar-refractivity contribution >= 4 is 12.7 Å². The van der Waals surface area contributed by atoms with E-state index in [0.717, 1.165) is 11.6 Å². The Kier molecular flexibility index (Phi) is 2.86. The summed E-state index contributed by atoms with van der Waals surface area (Å²) in [4.78, 5) is 0. The normalized spacial score (nSPS) is 19.8. The molecule has 0 nitrogen and oxygen atoms in total. The van der Waals surface area contributed by atoms with Crippen LogP contribution in [0.15, 0.2) is 48.1 Å². The lowest BCUT2D eigenvalue weighted by atomic mass is 9.98. The molecule has 2 rings (SSSR count). The monoisotopic (exact) mass is 196 g/mol. The highest BCUT2D eigenvalue weighted by atomic mass is 14.1. The molecule has 15 heavy (non-hydrogen) atoms. The van der Waals surface area contributed by atoms with Gasteiger partial charge in [0.05, 0.1) is 0 Å². The highest BCUT2D eigenvalue weighted by molar-refractivity contribution is 5.53. The SMILES string of the molecule is C=c1ccc(=CC2=CCC(C)C=C2)cc1. The third-order valence-electron chi connectivity index (χ3n) is 2.66. The van der Waals surface area contributed by atoms with Crippen molar-refractivity contribution in [3.63, 3.8) is 0 Å². The summed E-state index contributed by atoms with van der Waals surface area (Å²) in [5.74, 6) is 0.685. The molecule has 0 heterocycles. The van der Waals surface area contributed by atoms with E-state index < -0.39 is 0 Å². The van der Waals surface area contributed by atoms with Gasteiger partial charge in [0, 0.05) is 0 Å². The summed E-state index contributed by atoms with van der Waals surface area (Å²) in [7, 11) is 0. The molecule has 0 radical (unpaired) electrons. The van der Waals surface area contributed by atoms with Crippen LogP contribution in [0.5, 0.6) is 0 Å². The molecule has 1 aromatic rings. The second-order valence-electron chi connectivity index (χ2n) is 4.16. The predicted octanol–water partition coefficient (Wildman–Crippen LogP) is 2.40. The Bertz CT molecular complexity index is 480. The van der Waals surface area contributed by atoms with Crippen LogP contribution >= 0.6 is 0 Å². The lowest BCUT2D eigenvalue weighted by Crippen LogP contribution is -2.05. The van der Waals surface area contributed by atoms with E-state index in [2.05, 4.69) is 49.9 Å². The minimum absolute atomic E-state index is 0.685. The van der Waals surface area contributed by atoms with E-state index in [1.807, 2.05) is 12.1 Å². The quantitative estimate of drug-likeness (QED) is 0.647. The van der Waals surface area contributed by atoms with Gasteiger partial charge < -0.3 is 0 Å². The van der Waals surface area contributed by atoms with E-state index in [1.165, 1.54) is 10.8 Å². The Hall–Kier alpha value is -1.56. The smallest absolute Gasteiger partial charge is 0.0224 e. The Balaban J connectivity index is 2.28. The lowest BCUT2D eigenvalue weighted by molar-refractivity contribution is 0.734. The van der Waals surface area contributed by atoms with Gasteiger partial charge in [-0.05, 0) is 34.4 Å². The van der Waals surface area contributed by atoms with Crippen molar-refractivity contribution in [2.45, 2.75) is 13.3 Å². The average Bonchev–Trinajstić information content (AvgIpc) is 2.25. The fourth-order valence-corrected chi connectivity index (χ4v) is 1.66. The molecule has 1 unspecified atom stereocenters. The standard InChI is InChI=1S/C15H16/c1-12-3-7-14(8-4-12)11-15-9-5-13(2)6-10-15/h3-5,7-11,13H,1,6H2,2H3. The molecule has 1 aromatic carbocycles. The average molecular weight is 196 g/mol. The fourth-order valence-electron chi connectivity index (χ4n) is 1.66. The largest absolute Gasteiger partial charge is 0.0918 e. The minimum atomic E-state index is 0.685. The molecule has 1 atom stereocenters. The van der Waals surface area contributed by atoms with Gasteiger partial charge in [-0.15, -0.1) is 0 Å². The van der Waals surface area contributed by atoms with Gasteiger partial charge in [0.25, 0.3) is 0 Å². The van der Waals surface area contributed by atoms with Gasteiger partial charge in [0.15, 0.2) is 0 Å². The van der Waals surface area contributed by atoms with E-state index in [0.29, 0.717) is 5.92 Å². The van der Waals surface area contributed by atoms with Crippen LogP contribution < -0.4 is 10.4 Å². The van der Waals surface area contributed by atoms with Crippen LogP contribution in [0.2, 0.25) is 0 Å². The third kappa shape index (κ3) is 2.69. The highest BCUT2D eigenvalue weighted by Crippen LogP contribution is 2.15. The Morgan fingerprint density at radius 1 is 1.27 bits per heavy atom. The van der Waals surface area contributed by atoms with Crippen LogP contribution in [0.3, 0.4) is 0 Å². The fraction of sp³-hybridized carbons (Fsp3) is 0.200. The molecule has 1 aliphatic carbocycles. The first-order valence-electron chi connectivity index (χ1n) is 5.39. The van der Waals surface area contributed by atoms with Crippen molar-refractivity contribution in [2.75, 3.05) is 0 Å². The summed E-state index contributed by atoms with van der Waals surface area (Å²) < 4.78 is 0. The number of benzene rings is 1. The molecule has 0 N–H and O–H groups in total.